The molecule has 1 aliphatic rings. The van der Waals surface area contributed by atoms with Crippen LogP contribution in [0.3, 0.4) is 0 Å². The summed E-state index contributed by atoms with van der Waals surface area (Å²) in [5.74, 6) is 1.02. The van der Waals surface area contributed by atoms with Gasteiger partial charge >= 0.3 is 0 Å². The van der Waals surface area contributed by atoms with E-state index in [9.17, 15) is 4.79 Å². The highest BCUT2D eigenvalue weighted by molar-refractivity contribution is 6.30. The smallest absolute Gasteiger partial charge is 0.234 e. The Morgan fingerprint density at radius 2 is 2.19 bits per heavy atom. The van der Waals surface area contributed by atoms with Gasteiger partial charge in [-0.15, -0.1) is 0 Å². The molecule has 2 atom stereocenters. The van der Waals surface area contributed by atoms with Gasteiger partial charge in [0.15, 0.2) is 0 Å². The molecule has 140 valence electrons. The first-order valence-corrected chi connectivity index (χ1v) is 9.43. The van der Waals surface area contributed by atoms with Crippen LogP contribution in [0.25, 0.3) is 0 Å². The van der Waals surface area contributed by atoms with Crippen LogP contribution in [0.5, 0.6) is 0 Å². The average molecular weight is 376 g/mol. The number of nitrogens with one attached hydrogen (secondary N) is 2. The second kappa shape index (κ2) is 8.66. The molecule has 3 rings (SSSR count). The molecule has 2 unspecified atom stereocenters. The zero-order valence-corrected chi connectivity index (χ0v) is 16.0. The van der Waals surface area contributed by atoms with Gasteiger partial charge in [0.25, 0.3) is 0 Å². The van der Waals surface area contributed by atoms with Gasteiger partial charge < -0.3 is 15.2 Å². The number of rotatable bonds is 6. The minimum Gasteiger partial charge on any atom is -0.348 e. The van der Waals surface area contributed by atoms with E-state index in [1.165, 1.54) is 0 Å². The highest BCUT2D eigenvalue weighted by Crippen LogP contribution is 2.21. The van der Waals surface area contributed by atoms with Gasteiger partial charge in [0.2, 0.25) is 5.91 Å². The molecule has 1 aromatic heterocycles. The average Bonchev–Trinajstić information content (AvgIpc) is 3.07. The van der Waals surface area contributed by atoms with Crippen molar-refractivity contribution < 1.29 is 4.79 Å². The predicted molar refractivity (Wildman–Crippen MR) is 103 cm³/mol. The molecule has 1 aromatic carbocycles. The molecule has 0 bridgehead atoms. The van der Waals surface area contributed by atoms with Gasteiger partial charge in [-0.2, -0.15) is 0 Å². The number of halogens is 1. The third-order valence-corrected chi connectivity index (χ3v) is 5.13. The Hall–Kier alpha value is -1.89. The maximum absolute atomic E-state index is 12.7. The number of nitrogens with zero attached hydrogens (tertiary/aromatic N) is 3. The molecule has 26 heavy (non-hydrogen) atoms. The lowest BCUT2D eigenvalue weighted by Crippen LogP contribution is -2.50. The molecule has 2 heterocycles. The molecule has 0 saturated carbocycles. The first-order valence-electron chi connectivity index (χ1n) is 9.05. The Morgan fingerprint density at radius 1 is 1.42 bits per heavy atom. The number of piperazine rings is 1. The van der Waals surface area contributed by atoms with Gasteiger partial charge in [0, 0.05) is 44.1 Å². The predicted octanol–water partition coefficient (Wildman–Crippen LogP) is 2.29. The van der Waals surface area contributed by atoms with Gasteiger partial charge in [-0.1, -0.05) is 30.7 Å². The fourth-order valence-electron chi connectivity index (χ4n) is 3.43. The third kappa shape index (κ3) is 4.44. The Kier molecular flexibility index (Phi) is 6.29. The van der Waals surface area contributed by atoms with Crippen molar-refractivity contribution in [3.63, 3.8) is 0 Å². The minimum absolute atomic E-state index is 0.00528. The summed E-state index contributed by atoms with van der Waals surface area (Å²) in [6.45, 7) is 4.93. The van der Waals surface area contributed by atoms with Crippen LogP contribution in [-0.2, 0) is 11.8 Å². The van der Waals surface area contributed by atoms with Crippen molar-refractivity contribution in [2.45, 2.75) is 25.4 Å². The Bertz CT molecular complexity index is 730. The maximum Gasteiger partial charge on any atom is 0.234 e. The Morgan fingerprint density at radius 3 is 2.85 bits per heavy atom. The largest absolute Gasteiger partial charge is 0.348 e. The summed E-state index contributed by atoms with van der Waals surface area (Å²) in [4.78, 5) is 19.4. The van der Waals surface area contributed by atoms with Gasteiger partial charge in [-0.05, 0) is 24.1 Å². The van der Waals surface area contributed by atoms with Crippen molar-refractivity contribution in [3.8, 4) is 0 Å². The van der Waals surface area contributed by atoms with Gasteiger partial charge in [-0.25, -0.2) is 4.98 Å². The SMILES string of the molecule is CCC(NC(=O)CN1CCNCC1c1nccn1C)c1ccc(Cl)cc1. The molecule has 1 saturated heterocycles. The van der Waals surface area contributed by atoms with Crippen molar-refractivity contribution in [3.05, 3.63) is 53.1 Å². The van der Waals surface area contributed by atoms with E-state index in [1.807, 2.05) is 42.1 Å². The van der Waals surface area contributed by atoms with Crippen LogP contribution >= 0.6 is 11.6 Å². The van der Waals surface area contributed by atoms with E-state index in [4.69, 9.17) is 11.6 Å². The summed E-state index contributed by atoms with van der Waals surface area (Å²) in [6.07, 6.45) is 4.57. The maximum atomic E-state index is 12.7. The van der Waals surface area contributed by atoms with Crippen molar-refractivity contribution in [1.82, 2.24) is 25.1 Å². The molecule has 6 nitrogen and oxygen atoms in total. The van der Waals surface area contributed by atoms with Crippen molar-refractivity contribution in [2.24, 2.45) is 7.05 Å². The quantitative estimate of drug-likeness (QED) is 0.813. The van der Waals surface area contributed by atoms with Crippen LogP contribution in [0.2, 0.25) is 5.02 Å². The third-order valence-electron chi connectivity index (χ3n) is 4.87. The second-order valence-electron chi connectivity index (χ2n) is 6.67. The molecule has 7 heteroatoms. The second-order valence-corrected chi connectivity index (χ2v) is 7.10. The lowest BCUT2D eigenvalue weighted by Gasteiger charge is -2.35. The number of hydrogen-bond acceptors (Lipinski definition) is 4. The molecule has 1 amide bonds. The Balaban J connectivity index is 1.65. The molecule has 2 N–H and O–H groups in total. The lowest BCUT2D eigenvalue weighted by molar-refractivity contribution is -0.123. The molecule has 0 spiro atoms. The number of aryl methyl sites for hydroxylation is 1. The number of benzene rings is 1. The molecule has 0 aliphatic carbocycles. The summed E-state index contributed by atoms with van der Waals surface area (Å²) in [6, 6.07) is 7.76. The first-order chi connectivity index (χ1) is 12.6. The topological polar surface area (TPSA) is 62.2 Å². The number of carbonyl (C=O) groups is 1. The van der Waals surface area contributed by atoms with E-state index in [0.717, 1.165) is 37.4 Å². The minimum atomic E-state index is -0.00528. The van der Waals surface area contributed by atoms with Gasteiger partial charge in [0.1, 0.15) is 5.82 Å². The molecular formula is C19H26ClN5O. The molecule has 1 fully saturated rings. The van der Waals surface area contributed by atoms with E-state index >= 15 is 0 Å². The molecule has 0 radical (unpaired) electrons. The fourth-order valence-corrected chi connectivity index (χ4v) is 3.56. The van der Waals surface area contributed by atoms with Gasteiger partial charge in [-0.3, -0.25) is 9.69 Å². The van der Waals surface area contributed by atoms with E-state index < -0.39 is 0 Å². The molecule has 1 aliphatic heterocycles. The number of imidazole rings is 1. The standard InChI is InChI=1S/C19H26ClN5O/c1-3-16(14-4-6-15(20)7-5-14)23-18(26)13-25-11-8-21-12-17(25)19-22-9-10-24(19)2/h4-7,9-10,16-17,21H,3,8,11-13H2,1-2H3,(H,23,26). The van der Waals surface area contributed by atoms with Crippen LogP contribution in [-0.4, -0.2) is 46.5 Å². The first kappa shape index (κ1) is 18.9. The highest BCUT2D eigenvalue weighted by atomic mass is 35.5. The van der Waals surface area contributed by atoms with Crippen LogP contribution in [0, 0.1) is 0 Å². The highest BCUT2D eigenvalue weighted by Gasteiger charge is 2.28. The van der Waals surface area contributed by atoms with E-state index in [0.29, 0.717) is 11.6 Å². The lowest BCUT2D eigenvalue weighted by atomic mass is 10.0. The number of hydrogen-bond donors (Lipinski definition) is 2. The summed E-state index contributed by atoms with van der Waals surface area (Å²) in [5, 5.41) is 7.26. The monoisotopic (exact) mass is 375 g/mol. The summed E-state index contributed by atoms with van der Waals surface area (Å²) < 4.78 is 2.02. The zero-order valence-electron chi connectivity index (χ0n) is 15.3. The zero-order chi connectivity index (χ0) is 18.5. The van der Waals surface area contributed by atoms with Crippen LogP contribution in [0.1, 0.15) is 36.8 Å². The fraction of sp³-hybridized carbons (Fsp3) is 0.474. The summed E-state index contributed by atoms with van der Waals surface area (Å²) >= 11 is 5.96. The van der Waals surface area contributed by atoms with Crippen molar-refractivity contribution >= 4 is 17.5 Å². The van der Waals surface area contributed by atoms with Crippen LogP contribution in [0.4, 0.5) is 0 Å². The van der Waals surface area contributed by atoms with E-state index in [1.54, 1.807) is 6.20 Å². The molecular weight excluding hydrogens is 350 g/mol. The number of aromatic nitrogens is 2. The molecule has 2 aromatic rings. The summed E-state index contributed by atoms with van der Waals surface area (Å²) in [7, 11) is 1.99. The Labute approximate surface area is 159 Å². The number of amides is 1. The van der Waals surface area contributed by atoms with Gasteiger partial charge in [0.05, 0.1) is 18.6 Å². The number of carbonyl (C=O) groups excluding carboxylic acids is 1. The van der Waals surface area contributed by atoms with E-state index in [-0.39, 0.29) is 18.0 Å². The van der Waals surface area contributed by atoms with Crippen molar-refractivity contribution in [1.29, 1.82) is 0 Å². The summed E-state index contributed by atoms with van der Waals surface area (Å²) in [5.41, 5.74) is 1.08. The van der Waals surface area contributed by atoms with Crippen LogP contribution < -0.4 is 10.6 Å². The van der Waals surface area contributed by atoms with E-state index in [2.05, 4.69) is 27.4 Å². The van der Waals surface area contributed by atoms with Crippen LogP contribution in [0.15, 0.2) is 36.7 Å². The van der Waals surface area contributed by atoms with Crippen molar-refractivity contribution in [2.75, 3.05) is 26.2 Å². The normalized spacial score (nSPS) is 19.3.